The van der Waals surface area contributed by atoms with Crippen molar-refractivity contribution in [3.8, 4) is 0 Å². The predicted molar refractivity (Wildman–Crippen MR) is 80.6 cm³/mol. The average Bonchev–Trinajstić information content (AvgIpc) is 2.85. The fourth-order valence-corrected chi connectivity index (χ4v) is 3.12. The Kier molecular flexibility index (Phi) is 5.24. The Bertz CT molecular complexity index is 467. The third-order valence-electron chi connectivity index (χ3n) is 3.06. The van der Waals surface area contributed by atoms with Gasteiger partial charge in [-0.25, -0.2) is 0 Å². The summed E-state index contributed by atoms with van der Waals surface area (Å²) in [6.45, 7) is 1.01. The fourth-order valence-electron chi connectivity index (χ4n) is 2.22. The van der Waals surface area contributed by atoms with Gasteiger partial charge in [-0.1, -0.05) is 29.8 Å². The summed E-state index contributed by atoms with van der Waals surface area (Å²) in [5, 5.41) is 8.53. The molecule has 1 N–H and O–H groups in total. The van der Waals surface area contributed by atoms with E-state index in [2.05, 4.69) is 34.3 Å². The van der Waals surface area contributed by atoms with Gasteiger partial charge >= 0.3 is 0 Å². The molecule has 1 aromatic carbocycles. The van der Waals surface area contributed by atoms with Crippen LogP contribution in [0.2, 0.25) is 5.02 Å². The quantitative estimate of drug-likeness (QED) is 0.842. The van der Waals surface area contributed by atoms with Gasteiger partial charge in [0.1, 0.15) is 0 Å². The van der Waals surface area contributed by atoms with Crippen LogP contribution in [0.1, 0.15) is 11.1 Å². The predicted octanol–water partition coefficient (Wildman–Crippen LogP) is 4.02. The Morgan fingerprint density at radius 2 is 2.06 bits per heavy atom. The first-order valence-corrected chi connectivity index (χ1v) is 7.50. The van der Waals surface area contributed by atoms with Crippen LogP contribution in [0.3, 0.4) is 0 Å². The van der Waals surface area contributed by atoms with Crippen LogP contribution in [0.5, 0.6) is 0 Å². The lowest BCUT2D eigenvalue weighted by Crippen LogP contribution is -2.22. The monoisotopic (exact) mass is 279 g/mol. The molecular weight excluding hydrogens is 262 g/mol. The zero-order chi connectivity index (χ0) is 12.8. The molecule has 1 nitrogen and oxygen atoms in total. The highest BCUT2D eigenvalue weighted by Gasteiger charge is 2.12. The molecule has 1 unspecified atom stereocenters. The highest BCUT2D eigenvalue weighted by Crippen LogP contribution is 2.21. The molecule has 0 fully saturated rings. The van der Waals surface area contributed by atoms with Gasteiger partial charge in [0, 0.05) is 5.02 Å². The zero-order valence-electron chi connectivity index (χ0n) is 10.5. The van der Waals surface area contributed by atoms with Gasteiger partial charge in [0.05, 0.1) is 0 Å². The fraction of sp³-hybridized carbons (Fsp3) is 0.333. The van der Waals surface area contributed by atoms with Gasteiger partial charge in [-0.3, -0.25) is 0 Å². The van der Waals surface area contributed by atoms with E-state index in [0.717, 1.165) is 24.4 Å². The van der Waals surface area contributed by atoms with E-state index in [1.165, 1.54) is 11.1 Å². The van der Waals surface area contributed by atoms with Crippen molar-refractivity contribution in [2.24, 2.45) is 5.92 Å². The maximum atomic E-state index is 6.23. The lowest BCUT2D eigenvalue weighted by molar-refractivity contribution is 0.494. The molecule has 0 saturated carbocycles. The number of rotatable bonds is 6. The zero-order valence-corrected chi connectivity index (χ0v) is 12.1. The largest absolute Gasteiger partial charge is 0.319 e. The molecule has 96 valence electrons. The summed E-state index contributed by atoms with van der Waals surface area (Å²) in [6.07, 6.45) is 2.13. The first-order chi connectivity index (χ1) is 8.79. The molecule has 0 amide bonds. The van der Waals surface area contributed by atoms with E-state index in [1.807, 2.05) is 19.2 Å². The van der Waals surface area contributed by atoms with Crippen LogP contribution in [0.15, 0.2) is 41.1 Å². The van der Waals surface area contributed by atoms with Crippen molar-refractivity contribution in [3.63, 3.8) is 0 Å². The molecule has 3 heteroatoms. The Hall–Kier alpha value is -0.830. The molecule has 0 aliphatic heterocycles. The molecule has 2 rings (SSSR count). The van der Waals surface area contributed by atoms with Crippen molar-refractivity contribution < 1.29 is 0 Å². The second kappa shape index (κ2) is 6.93. The van der Waals surface area contributed by atoms with Crippen LogP contribution in [0.4, 0.5) is 0 Å². The first kappa shape index (κ1) is 13.6. The SMILES string of the molecule is CNCC(Cc1ccsc1)Cc1ccccc1Cl. The van der Waals surface area contributed by atoms with Crippen LogP contribution in [-0.2, 0) is 12.8 Å². The van der Waals surface area contributed by atoms with Crippen molar-refractivity contribution in [3.05, 3.63) is 57.2 Å². The van der Waals surface area contributed by atoms with E-state index in [9.17, 15) is 0 Å². The summed E-state index contributed by atoms with van der Waals surface area (Å²) in [4.78, 5) is 0. The summed E-state index contributed by atoms with van der Waals surface area (Å²) in [6, 6.07) is 10.3. The Labute approximate surface area is 118 Å². The molecule has 2 aromatic rings. The van der Waals surface area contributed by atoms with Gasteiger partial charge in [0.15, 0.2) is 0 Å². The molecule has 18 heavy (non-hydrogen) atoms. The molecule has 1 aromatic heterocycles. The smallest absolute Gasteiger partial charge is 0.0438 e. The highest BCUT2D eigenvalue weighted by atomic mass is 35.5. The number of benzene rings is 1. The van der Waals surface area contributed by atoms with Gasteiger partial charge < -0.3 is 5.32 Å². The van der Waals surface area contributed by atoms with E-state index in [4.69, 9.17) is 11.6 Å². The van der Waals surface area contributed by atoms with E-state index >= 15 is 0 Å². The van der Waals surface area contributed by atoms with Crippen molar-refractivity contribution >= 4 is 22.9 Å². The van der Waals surface area contributed by atoms with Crippen LogP contribution >= 0.6 is 22.9 Å². The molecule has 0 aliphatic carbocycles. The lowest BCUT2D eigenvalue weighted by atomic mass is 9.93. The van der Waals surface area contributed by atoms with Gasteiger partial charge in [-0.2, -0.15) is 11.3 Å². The molecule has 1 atom stereocenters. The number of hydrogen-bond donors (Lipinski definition) is 1. The van der Waals surface area contributed by atoms with Gasteiger partial charge in [0.25, 0.3) is 0 Å². The molecule has 0 spiro atoms. The topological polar surface area (TPSA) is 12.0 Å². The first-order valence-electron chi connectivity index (χ1n) is 6.18. The maximum Gasteiger partial charge on any atom is 0.0438 e. The van der Waals surface area contributed by atoms with E-state index < -0.39 is 0 Å². The van der Waals surface area contributed by atoms with E-state index in [0.29, 0.717) is 5.92 Å². The summed E-state index contributed by atoms with van der Waals surface area (Å²) in [5.74, 6) is 0.587. The van der Waals surface area contributed by atoms with Crippen molar-refractivity contribution in [2.75, 3.05) is 13.6 Å². The summed E-state index contributed by atoms with van der Waals surface area (Å²) in [7, 11) is 2.01. The highest BCUT2D eigenvalue weighted by molar-refractivity contribution is 7.07. The Balaban J connectivity index is 2.04. The Morgan fingerprint density at radius 3 is 2.72 bits per heavy atom. The van der Waals surface area contributed by atoms with Gasteiger partial charge in [-0.05, 0) is 66.4 Å². The van der Waals surface area contributed by atoms with Crippen LogP contribution in [0.25, 0.3) is 0 Å². The third-order valence-corrected chi connectivity index (χ3v) is 4.16. The molecule has 0 bridgehead atoms. The summed E-state index contributed by atoms with van der Waals surface area (Å²) < 4.78 is 0. The van der Waals surface area contributed by atoms with Crippen molar-refractivity contribution in [2.45, 2.75) is 12.8 Å². The Morgan fingerprint density at radius 1 is 1.22 bits per heavy atom. The number of thiophene rings is 1. The third kappa shape index (κ3) is 3.84. The van der Waals surface area contributed by atoms with Crippen LogP contribution in [-0.4, -0.2) is 13.6 Å². The average molecular weight is 280 g/mol. The molecular formula is C15H18ClNS. The molecule has 0 radical (unpaired) electrons. The number of hydrogen-bond acceptors (Lipinski definition) is 2. The second-order valence-corrected chi connectivity index (χ2v) is 5.74. The van der Waals surface area contributed by atoms with Gasteiger partial charge in [-0.15, -0.1) is 0 Å². The standard InChI is InChI=1S/C15H18ClNS/c1-17-10-13(8-12-6-7-18-11-12)9-14-4-2-3-5-15(14)16/h2-7,11,13,17H,8-10H2,1H3. The molecule has 0 saturated heterocycles. The summed E-state index contributed by atoms with van der Waals surface area (Å²) in [5.41, 5.74) is 2.67. The van der Waals surface area contributed by atoms with Crippen molar-refractivity contribution in [1.82, 2.24) is 5.32 Å². The number of halogens is 1. The minimum Gasteiger partial charge on any atom is -0.319 e. The van der Waals surface area contributed by atoms with E-state index in [1.54, 1.807) is 11.3 Å². The lowest BCUT2D eigenvalue weighted by Gasteiger charge is -2.16. The van der Waals surface area contributed by atoms with E-state index in [-0.39, 0.29) is 0 Å². The summed E-state index contributed by atoms with van der Waals surface area (Å²) >= 11 is 7.99. The van der Waals surface area contributed by atoms with Crippen molar-refractivity contribution in [1.29, 1.82) is 0 Å². The second-order valence-electron chi connectivity index (χ2n) is 4.55. The minimum absolute atomic E-state index is 0.587. The molecule has 1 heterocycles. The van der Waals surface area contributed by atoms with Crippen LogP contribution in [0, 0.1) is 5.92 Å². The molecule has 0 aliphatic rings. The minimum atomic E-state index is 0.587. The van der Waals surface area contributed by atoms with Crippen LogP contribution < -0.4 is 5.32 Å². The van der Waals surface area contributed by atoms with Gasteiger partial charge in [0.2, 0.25) is 0 Å². The maximum absolute atomic E-state index is 6.23. The number of nitrogens with one attached hydrogen (secondary N) is 1. The normalized spacial score (nSPS) is 12.6.